The molecule has 0 fully saturated rings. The van der Waals surface area contributed by atoms with E-state index in [1.165, 1.54) is 36.9 Å². The monoisotopic (exact) mass is 289 g/mol. The van der Waals surface area contributed by atoms with Gasteiger partial charge in [-0.3, -0.25) is 4.98 Å². The zero-order valence-electron chi connectivity index (χ0n) is 12.1. The van der Waals surface area contributed by atoms with E-state index >= 15 is 0 Å². The molecule has 2 heteroatoms. The van der Waals surface area contributed by atoms with E-state index in [9.17, 15) is 0 Å². The molecular formula is C19H15NS. The summed E-state index contributed by atoms with van der Waals surface area (Å²) in [5, 5.41) is 2.67. The summed E-state index contributed by atoms with van der Waals surface area (Å²) in [4.78, 5) is 4.60. The summed E-state index contributed by atoms with van der Waals surface area (Å²) < 4.78 is 2.68. The lowest BCUT2D eigenvalue weighted by atomic mass is 10.0. The maximum atomic E-state index is 4.60. The van der Waals surface area contributed by atoms with Crippen LogP contribution in [0.1, 0.15) is 11.1 Å². The average molecular weight is 289 g/mol. The van der Waals surface area contributed by atoms with Crippen LogP contribution in [0.15, 0.2) is 54.7 Å². The highest BCUT2D eigenvalue weighted by atomic mass is 32.1. The highest BCUT2D eigenvalue weighted by Crippen LogP contribution is 2.40. The van der Waals surface area contributed by atoms with E-state index in [0.29, 0.717) is 0 Å². The van der Waals surface area contributed by atoms with Crippen molar-refractivity contribution in [2.45, 2.75) is 13.8 Å². The maximum absolute atomic E-state index is 4.60. The normalized spacial score (nSPS) is 11.3. The first kappa shape index (κ1) is 12.5. The predicted molar refractivity (Wildman–Crippen MR) is 92.0 cm³/mol. The van der Waals surface area contributed by atoms with Crippen molar-refractivity contribution in [1.29, 1.82) is 0 Å². The van der Waals surface area contributed by atoms with E-state index in [4.69, 9.17) is 0 Å². The number of benzene rings is 2. The molecule has 0 unspecified atom stereocenters. The van der Waals surface area contributed by atoms with E-state index in [-0.39, 0.29) is 0 Å². The molecule has 0 radical (unpaired) electrons. The molecule has 0 bridgehead atoms. The molecule has 2 aromatic carbocycles. The first-order chi connectivity index (χ1) is 10.2. The lowest BCUT2D eigenvalue weighted by Crippen LogP contribution is -1.88. The van der Waals surface area contributed by atoms with Gasteiger partial charge in [-0.1, -0.05) is 30.3 Å². The highest BCUT2D eigenvalue weighted by Gasteiger charge is 2.13. The maximum Gasteiger partial charge on any atom is 0.0721 e. The van der Waals surface area contributed by atoms with E-state index < -0.39 is 0 Å². The van der Waals surface area contributed by atoms with E-state index in [2.05, 4.69) is 61.3 Å². The van der Waals surface area contributed by atoms with Gasteiger partial charge in [0.25, 0.3) is 0 Å². The first-order valence-electron chi connectivity index (χ1n) is 7.08. The third-order valence-electron chi connectivity index (χ3n) is 3.93. The Morgan fingerprint density at radius 3 is 2.62 bits per heavy atom. The standard InChI is InChI=1S/C19H15NS/c1-12-9-10-20-16(11-12)18-13(2)7-8-15-14-5-3-4-6-17(14)21-19(15)18/h3-11H,1-2H3. The first-order valence-corrected chi connectivity index (χ1v) is 7.89. The van der Waals surface area contributed by atoms with Crippen LogP contribution in [0.3, 0.4) is 0 Å². The van der Waals surface area contributed by atoms with Crippen molar-refractivity contribution in [3.05, 3.63) is 65.9 Å². The van der Waals surface area contributed by atoms with Crippen molar-refractivity contribution in [3.8, 4) is 11.3 Å². The Labute approximate surface area is 127 Å². The topological polar surface area (TPSA) is 12.9 Å². The van der Waals surface area contributed by atoms with Gasteiger partial charge in [-0.25, -0.2) is 0 Å². The van der Waals surface area contributed by atoms with Gasteiger partial charge in [-0.15, -0.1) is 11.3 Å². The molecule has 0 aliphatic heterocycles. The Balaban J connectivity index is 2.14. The number of nitrogens with zero attached hydrogens (tertiary/aromatic N) is 1. The largest absolute Gasteiger partial charge is 0.256 e. The molecule has 102 valence electrons. The van der Waals surface area contributed by atoms with Gasteiger partial charge in [0.2, 0.25) is 0 Å². The minimum atomic E-state index is 1.07. The minimum Gasteiger partial charge on any atom is -0.256 e. The molecule has 0 saturated carbocycles. The Kier molecular flexibility index (Phi) is 2.79. The number of thiophene rings is 1. The second-order valence-electron chi connectivity index (χ2n) is 5.45. The van der Waals surface area contributed by atoms with Crippen LogP contribution < -0.4 is 0 Å². The van der Waals surface area contributed by atoms with Crippen molar-refractivity contribution in [1.82, 2.24) is 4.98 Å². The molecule has 0 atom stereocenters. The SMILES string of the molecule is Cc1ccnc(-c2c(C)ccc3c2sc2ccccc23)c1. The van der Waals surface area contributed by atoms with Crippen LogP contribution in [0.4, 0.5) is 0 Å². The molecule has 0 spiro atoms. The fourth-order valence-corrected chi connectivity index (χ4v) is 4.19. The van der Waals surface area contributed by atoms with Crippen LogP contribution in [-0.4, -0.2) is 4.98 Å². The number of hydrogen-bond donors (Lipinski definition) is 0. The summed E-state index contributed by atoms with van der Waals surface area (Å²) in [6.45, 7) is 4.29. The van der Waals surface area contributed by atoms with Crippen LogP contribution >= 0.6 is 11.3 Å². The van der Waals surface area contributed by atoms with Gasteiger partial charge in [-0.05, 0) is 43.2 Å². The third-order valence-corrected chi connectivity index (χ3v) is 5.13. The second-order valence-corrected chi connectivity index (χ2v) is 6.50. The molecule has 4 rings (SSSR count). The van der Waals surface area contributed by atoms with Crippen LogP contribution in [-0.2, 0) is 0 Å². The van der Waals surface area contributed by atoms with Crippen LogP contribution in [0.2, 0.25) is 0 Å². The molecule has 1 nitrogen and oxygen atoms in total. The Hall–Kier alpha value is -2.19. The van der Waals surface area contributed by atoms with Crippen LogP contribution in [0.5, 0.6) is 0 Å². The number of aryl methyl sites for hydroxylation is 2. The predicted octanol–water partition coefficient (Wildman–Crippen LogP) is 5.73. The number of hydrogen-bond acceptors (Lipinski definition) is 2. The lowest BCUT2D eigenvalue weighted by molar-refractivity contribution is 1.28. The molecule has 0 saturated heterocycles. The van der Waals surface area contributed by atoms with Crippen molar-refractivity contribution in [3.63, 3.8) is 0 Å². The summed E-state index contributed by atoms with van der Waals surface area (Å²) in [7, 11) is 0. The average Bonchev–Trinajstić information content (AvgIpc) is 2.85. The molecule has 21 heavy (non-hydrogen) atoms. The molecule has 2 heterocycles. The Morgan fingerprint density at radius 2 is 1.76 bits per heavy atom. The van der Waals surface area contributed by atoms with Crippen LogP contribution in [0.25, 0.3) is 31.4 Å². The van der Waals surface area contributed by atoms with E-state index in [0.717, 1.165) is 5.69 Å². The summed E-state index contributed by atoms with van der Waals surface area (Å²) in [5.41, 5.74) is 4.88. The van der Waals surface area contributed by atoms with Crippen molar-refractivity contribution in [2.24, 2.45) is 0 Å². The third kappa shape index (κ3) is 1.95. The molecular weight excluding hydrogens is 274 g/mol. The quantitative estimate of drug-likeness (QED) is 0.436. The molecule has 4 aromatic rings. The zero-order valence-corrected chi connectivity index (χ0v) is 12.9. The molecule has 0 N–H and O–H groups in total. The second kappa shape index (κ2) is 4.68. The van der Waals surface area contributed by atoms with Crippen molar-refractivity contribution >= 4 is 31.5 Å². The lowest BCUT2D eigenvalue weighted by Gasteiger charge is -2.07. The van der Waals surface area contributed by atoms with Crippen molar-refractivity contribution < 1.29 is 0 Å². The van der Waals surface area contributed by atoms with Gasteiger partial charge in [0, 0.05) is 31.9 Å². The van der Waals surface area contributed by atoms with Gasteiger partial charge < -0.3 is 0 Å². The number of fused-ring (bicyclic) bond motifs is 3. The summed E-state index contributed by atoms with van der Waals surface area (Å²) >= 11 is 1.86. The molecule has 0 amide bonds. The van der Waals surface area contributed by atoms with Gasteiger partial charge in [0.1, 0.15) is 0 Å². The van der Waals surface area contributed by atoms with Crippen LogP contribution in [0, 0.1) is 13.8 Å². The summed E-state index contributed by atoms with van der Waals surface area (Å²) in [6.07, 6.45) is 1.90. The zero-order chi connectivity index (χ0) is 14.4. The fourth-order valence-electron chi connectivity index (χ4n) is 2.88. The van der Waals surface area contributed by atoms with E-state index in [1.54, 1.807) is 0 Å². The Bertz CT molecular complexity index is 966. The van der Waals surface area contributed by atoms with Gasteiger partial charge in [0.15, 0.2) is 0 Å². The molecule has 0 aliphatic carbocycles. The molecule has 0 aliphatic rings. The molecule has 2 aromatic heterocycles. The number of rotatable bonds is 1. The van der Waals surface area contributed by atoms with Crippen molar-refractivity contribution in [2.75, 3.05) is 0 Å². The minimum absolute atomic E-state index is 1.07. The number of pyridine rings is 1. The fraction of sp³-hybridized carbons (Fsp3) is 0.105. The smallest absolute Gasteiger partial charge is 0.0721 e. The Morgan fingerprint density at radius 1 is 0.905 bits per heavy atom. The summed E-state index contributed by atoms with van der Waals surface area (Å²) in [5.74, 6) is 0. The highest BCUT2D eigenvalue weighted by molar-refractivity contribution is 7.26. The summed E-state index contributed by atoms with van der Waals surface area (Å²) in [6, 6.07) is 17.3. The number of aromatic nitrogens is 1. The van der Waals surface area contributed by atoms with E-state index in [1.807, 2.05) is 23.6 Å². The van der Waals surface area contributed by atoms with Gasteiger partial charge in [-0.2, -0.15) is 0 Å². The van der Waals surface area contributed by atoms with Gasteiger partial charge >= 0.3 is 0 Å². The van der Waals surface area contributed by atoms with Gasteiger partial charge in [0.05, 0.1) is 5.69 Å².